The second-order valence-electron chi connectivity index (χ2n) is 16.4. The van der Waals surface area contributed by atoms with Crippen LogP contribution >= 0.6 is 0 Å². The van der Waals surface area contributed by atoms with Gasteiger partial charge in [0.05, 0.1) is 53.6 Å². The number of fused-ring (bicyclic) bond motifs is 3. The fraction of sp³-hybridized carbons (Fsp3) is 0.326. The number of oxazole rings is 1. The van der Waals surface area contributed by atoms with E-state index in [1.807, 2.05) is 121 Å². The maximum Gasteiger partial charge on any atom is 0.247 e. The summed E-state index contributed by atoms with van der Waals surface area (Å²) in [4.78, 5) is 44.1. The molecule has 1 saturated heterocycles. The topological polar surface area (TPSA) is 179 Å². The van der Waals surface area contributed by atoms with Crippen LogP contribution in [0.5, 0.6) is 0 Å². The minimum atomic E-state index is -0.503. The lowest BCUT2D eigenvalue weighted by Crippen LogP contribution is -2.26. The zero-order chi connectivity index (χ0) is 40.4. The van der Waals surface area contributed by atoms with Crippen LogP contribution in [0.3, 0.4) is 0 Å². The van der Waals surface area contributed by atoms with E-state index < -0.39 is 16.2 Å². The van der Waals surface area contributed by atoms with Crippen LogP contribution in [0.15, 0.2) is 82.2 Å². The van der Waals surface area contributed by atoms with Gasteiger partial charge in [-0.2, -0.15) is 0 Å². The van der Waals surface area contributed by atoms with Crippen LogP contribution in [0.2, 0.25) is 0 Å². The molecule has 4 aliphatic heterocycles. The molecule has 0 atom stereocenters. The molecule has 14 heteroatoms. The minimum Gasteiger partial charge on any atom is -0.441 e. The lowest BCUT2D eigenvalue weighted by molar-refractivity contribution is -0.120. The number of nitrogens with zero attached hydrogens (tertiary/aromatic N) is 5. The first-order valence-corrected chi connectivity index (χ1v) is 18.7. The molecular formula is C43H44N8O6. The Morgan fingerprint density at radius 1 is 0.667 bits per heavy atom. The normalized spacial score (nSPS) is 17.8. The molecule has 0 aliphatic carbocycles. The monoisotopic (exact) mass is 768 g/mol. The van der Waals surface area contributed by atoms with E-state index in [2.05, 4.69) is 36.1 Å². The van der Waals surface area contributed by atoms with E-state index in [9.17, 15) is 14.4 Å². The maximum absolute atomic E-state index is 12.0. The largest absolute Gasteiger partial charge is 0.441 e. The van der Waals surface area contributed by atoms with Gasteiger partial charge in [0.1, 0.15) is 0 Å². The average Bonchev–Trinajstić information content (AvgIpc) is 4.00. The summed E-state index contributed by atoms with van der Waals surface area (Å²) >= 11 is 0. The van der Waals surface area contributed by atoms with Crippen molar-refractivity contribution in [3.8, 4) is 34.0 Å². The number of rotatable bonds is 4. The molecule has 3 aromatic heterocycles. The van der Waals surface area contributed by atoms with Crippen molar-refractivity contribution in [2.45, 2.75) is 70.6 Å². The minimum absolute atomic E-state index is 0.00693. The Balaban J connectivity index is 0.000000120. The van der Waals surface area contributed by atoms with E-state index in [4.69, 9.17) is 13.6 Å². The fourth-order valence-corrected chi connectivity index (χ4v) is 7.18. The van der Waals surface area contributed by atoms with Crippen LogP contribution < -0.4 is 16.0 Å². The second-order valence-corrected chi connectivity index (χ2v) is 16.4. The van der Waals surface area contributed by atoms with E-state index >= 15 is 0 Å². The molecule has 3 aromatic carbocycles. The molecule has 4 aliphatic rings. The number of imidazole rings is 1. The number of benzene rings is 3. The standard InChI is InChI=1S/C15H15N3O3.C14H15N3O.C14H14N2O2/c1-15(2)10-4-3-8(5-11(10)16-14(15)19)12-17-18-13(21-12)9-6-20-7-9;1-14(2)10-5-4-9(6-11(10)16-13(14)18)12-7-17(3)8-15-12;1-8-15-7-12(18-8)9-4-5-10-11(6-9)16-13(17)14(10,2)3/h3-5,9H,6-7H2,1-2H3,(H,16,19);4-8H,1-3H3,(H,16,18);4-7H,1-3H3,(H,16,17). The first-order valence-electron chi connectivity index (χ1n) is 18.7. The summed E-state index contributed by atoms with van der Waals surface area (Å²) in [5.41, 5.74) is 7.88. The van der Waals surface area contributed by atoms with Crippen molar-refractivity contribution in [2.24, 2.45) is 7.05 Å². The van der Waals surface area contributed by atoms with E-state index in [0.717, 1.165) is 56.1 Å². The molecule has 57 heavy (non-hydrogen) atoms. The Bertz CT molecular complexity index is 2460. The van der Waals surface area contributed by atoms with Gasteiger partial charge in [0.15, 0.2) is 11.7 Å². The van der Waals surface area contributed by atoms with Gasteiger partial charge in [0, 0.05) is 53.9 Å². The third kappa shape index (κ3) is 6.69. The third-order valence-electron chi connectivity index (χ3n) is 11.1. The van der Waals surface area contributed by atoms with Crippen LogP contribution in [0.4, 0.5) is 17.1 Å². The van der Waals surface area contributed by atoms with Crippen LogP contribution in [0, 0.1) is 6.92 Å². The van der Waals surface area contributed by atoms with Crippen molar-refractivity contribution in [3.05, 3.63) is 102 Å². The van der Waals surface area contributed by atoms with Gasteiger partial charge < -0.3 is 34.1 Å². The zero-order valence-electron chi connectivity index (χ0n) is 33.1. The summed E-state index contributed by atoms with van der Waals surface area (Å²) in [5.74, 6) is 2.73. The lowest BCUT2D eigenvalue weighted by Gasteiger charge is -2.21. The Morgan fingerprint density at radius 3 is 1.65 bits per heavy atom. The summed E-state index contributed by atoms with van der Waals surface area (Å²) in [6.07, 6.45) is 5.42. The number of carbonyl (C=O) groups excluding carboxylic acids is 3. The molecule has 14 nitrogen and oxygen atoms in total. The molecule has 1 fully saturated rings. The number of hydrogen-bond acceptors (Lipinski definition) is 10. The number of aromatic nitrogens is 5. The van der Waals surface area contributed by atoms with Gasteiger partial charge in [-0.1, -0.05) is 30.3 Å². The molecule has 3 N–H and O–H groups in total. The Kier molecular flexibility index (Phi) is 8.99. The lowest BCUT2D eigenvalue weighted by atomic mass is 9.86. The quantitative estimate of drug-likeness (QED) is 0.165. The summed E-state index contributed by atoms with van der Waals surface area (Å²) < 4.78 is 18.2. The van der Waals surface area contributed by atoms with Crippen LogP contribution in [0.25, 0.3) is 34.0 Å². The van der Waals surface area contributed by atoms with E-state index in [1.165, 1.54) is 0 Å². The van der Waals surface area contributed by atoms with Gasteiger partial charge in [0.25, 0.3) is 0 Å². The molecule has 7 heterocycles. The second kappa shape index (κ2) is 13.7. The highest BCUT2D eigenvalue weighted by Crippen LogP contribution is 2.42. The van der Waals surface area contributed by atoms with Gasteiger partial charge >= 0.3 is 0 Å². The fourth-order valence-electron chi connectivity index (χ4n) is 7.18. The molecule has 0 radical (unpaired) electrons. The van der Waals surface area contributed by atoms with Crippen molar-refractivity contribution in [2.75, 3.05) is 29.2 Å². The smallest absolute Gasteiger partial charge is 0.247 e. The van der Waals surface area contributed by atoms with Crippen molar-refractivity contribution < 1.29 is 28.0 Å². The molecule has 3 amide bonds. The Morgan fingerprint density at radius 2 is 1.18 bits per heavy atom. The SMILES string of the molecule is CC1(C)C(=O)Nc2cc(-c3nnc(C4COC4)o3)ccc21.Cc1ncc(-c2ccc3c(c2)NC(=O)C3(C)C)o1.Cn1cnc(-c2ccc3c(c2)NC(=O)C3(C)C)c1. The van der Waals surface area contributed by atoms with Crippen molar-refractivity contribution >= 4 is 34.8 Å². The number of anilines is 3. The first kappa shape index (κ1) is 37.5. The number of carbonyl (C=O) groups is 3. The molecule has 0 spiro atoms. The average molecular weight is 769 g/mol. The summed E-state index contributed by atoms with van der Waals surface area (Å²) in [6.45, 7) is 14.6. The van der Waals surface area contributed by atoms with E-state index in [-0.39, 0.29) is 23.6 Å². The summed E-state index contributed by atoms with van der Waals surface area (Å²) in [5, 5.41) is 16.9. The molecule has 10 rings (SSSR count). The van der Waals surface area contributed by atoms with Gasteiger partial charge in [-0.15, -0.1) is 10.2 Å². The van der Waals surface area contributed by atoms with Crippen LogP contribution in [-0.4, -0.2) is 55.7 Å². The molecule has 0 saturated carbocycles. The molecular weight excluding hydrogens is 725 g/mol. The summed E-state index contributed by atoms with van der Waals surface area (Å²) in [6, 6.07) is 17.6. The molecule has 0 bridgehead atoms. The van der Waals surface area contributed by atoms with Gasteiger partial charge in [-0.05, 0) is 82.5 Å². The number of nitrogens with one attached hydrogen (secondary N) is 3. The molecule has 6 aromatic rings. The Labute approximate surface area is 329 Å². The van der Waals surface area contributed by atoms with Crippen LogP contribution in [0.1, 0.15) is 75.9 Å². The zero-order valence-corrected chi connectivity index (χ0v) is 33.1. The highest BCUT2D eigenvalue weighted by molar-refractivity contribution is 6.07. The predicted octanol–water partition coefficient (Wildman–Crippen LogP) is 7.28. The van der Waals surface area contributed by atoms with Crippen molar-refractivity contribution in [1.29, 1.82) is 0 Å². The number of amides is 3. The number of ether oxygens (including phenoxy) is 1. The van der Waals surface area contributed by atoms with Gasteiger partial charge in [0.2, 0.25) is 29.5 Å². The van der Waals surface area contributed by atoms with Gasteiger partial charge in [-0.25, -0.2) is 9.97 Å². The van der Waals surface area contributed by atoms with Gasteiger partial charge in [-0.3, -0.25) is 14.4 Å². The molecule has 292 valence electrons. The third-order valence-corrected chi connectivity index (χ3v) is 11.1. The highest BCUT2D eigenvalue weighted by atomic mass is 16.5. The first-order chi connectivity index (χ1) is 27.0. The van der Waals surface area contributed by atoms with E-state index in [1.54, 1.807) is 12.5 Å². The maximum atomic E-state index is 12.0. The Hall–Kier alpha value is -6.41. The van der Waals surface area contributed by atoms with Crippen molar-refractivity contribution in [3.63, 3.8) is 0 Å². The predicted molar refractivity (Wildman–Crippen MR) is 214 cm³/mol. The van der Waals surface area contributed by atoms with Crippen molar-refractivity contribution in [1.82, 2.24) is 24.7 Å². The highest BCUT2D eigenvalue weighted by Gasteiger charge is 2.40. The summed E-state index contributed by atoms with van der Waals surface area (Å²) in [7, 11) is 1.94. The number of hydrogen-bond donors (Lipinski definition) is 3. The number of aryl methyl sites for hydroxylation is 2. The van der Waals surface area contributed by atoms with Crippen LogP contribution in [-0.2, 0) is 42.4 Å². The van der Waals surface area contributed by atoms with E-state index in [0.29, 0.717) is 36.6 Å². The molecule has 0 unspecified atom stereocenters.